The van der Waals surface area contributed by atoms with Crippen LogP contribution in [-0.2, 0) is 0 Å². The largest absolute Gasteiger partial charge is 0.333 e. The van der Waals surface area contributed by atoms with Gasteiger partial charge in [-0.25, -0.2) is 0 Å². The maximum Gasteiger partial charge on any atom is 0.271 e. The third kappa shape index (κ3) is 2.40. The van der Waals surface area contributed by atoms with Gasteiger partial charge in [-0.15, -0.1) is 5.10 Å². The zero-order valence-electron chi connectivity index (χ0n) is 8.99. The van der Waals surface area contributed by atoms with Crippen molar-refractivity contribution >= 4 is 11.5 Å². The highest BCUT2D eigenvalue weighted by atomic mass is 32.1. The zero-order chi connectivity index (χ0) is 11.5. The van der Waals surface area contributed by atoms with Crippen LogP contribution in [0, 0.1) is 0 Å². The first kappa shape index (κ1) is 11.1. The lowest BCUT2D eigenvalue weighted by atomic mass is 10.3. The minimum Gasteiger partial charge on any atom is -0.333 e. The van der Waals surface area contributed by atoms with Crippen molar-refractivity contribution in [2.45, 2.75) is 6.04 Å². The third-order valence-corrected chi connectivity index (χ3v) is 2.56. The summed E-state index contributed by atoms with van der Waals surface area (Å²) >= 11 is 1.21. The summed E-state index contributed by atoms with van der Waals surface area (Å²) in [6.07, 6.45) is 1.58. The molecule has 2 rings (SSSR count). The first-order valence-corrected chi connectivity index (χ1v) is 5.46. The van der Waals surface area contributed by atoms with E-state index in [0.717, 1.165) is 4.88 Å². The fourth-order valence-corrected chi connectivity index (χ4v) is 1.66. The van der Waals surface area contributed by atoms with Gasteiger partial charge in [0.2, 0.25) is 0 Å². The van der Waals surface area contributed by atoms with Crippen LogP contribution in [0.1, 0.15) is 11.9 Å². The molecule has 0 fully saturated rings. The van der Waals surface area contributed by atoms with E-state index in [1.54, 1.807) is 6.20 Å². The molecule has 0 saturated heterocycles. The Morgan fingerprint density at radius 3 is 3.00 bits per heavy atom. The highest BCUT2D eigenvalue weighted by Crippen LogP contribution is 2.20. The maximum absolute atomic E-state index is 5.91. The van der Waals surface area contributed by atoms with E-state index in [0.29, 0.717) is 18.3 Å². The molecule has 2 aromatic heterocycles. The van der Waals surface area contributed by atoms with Crippen molar-refractivity contribution in [1.29, 1.82) is 0 Å². The fourth-order valence-electron chi connectivity index (χ4n) is 1.22. The van der Waals surface area contributed by atoms with Gasteiger partial charge in [-0.1, -0.05) is 9.64 Å². The molecule has 0 amide bonds. The van der Waals surface area contributed by atoms with Gasteiger partial charge in [0.15, 0.2) is 5.82 Å². The summed E-state index contributed by atoms with van der Waals surface area (Å²) in [5.74, 6) is 0.913. The predicted octanol–water partition coefficient (Wildman–Crippen LogP) is 0.149. The first-order valence-electron chi connectivity index (χ1n) is 4.68. The third-order valence-electron chi connectivity index (χ3n) is 1.91. The summed E-state index contributed by atoms with van der Waals surface area (Å²) in [6.45, 7) is 0.667. The second-order valence-electron chi connectivity index (χ2n) is 3.61. The molecule has 1 atom stereocenters. The van der Waals surface area contributed by atoms with Crippen LogP contribution in [0.5, 0.6) is 0 Å². The van der Waals surface area contributed by atoms with E-state index in [4.69, 9.17) is 10.3 Å². The lowest BCUT2D eigenvalue weighted by Crippen LogP contribution is -2.26. The summed E-state index contributed by atoms with van der Waals surface area (Å²) in [5, 5.41) is 7.54. The van der Waals surface area contributed by atoms with Gasteiger partial charge in [0.25, 0.3) is 5.89 Å². The standard InChI is InChI=1S/C8H12N6OS/c1-14(2)4-5(9)7-11-8(15-12-7)6-3-10-13-16-6/h3,5H,4,9H2,1-2H3. The number of rotatable bonds is 4. The van der Waals surface area contributed by atoms with Gasteiger partial charge in [-0.2, -0.15) is 4.98 Å². The Morgan fingerprint density at radius 2 is 2.38 bits per heavy atom. The second kappa shape index (κ2) is 4.64. The molecule has 0 aliphatic rings. The van der Waals surface area contributed by atoms with Crippen LogP contribution in [0.2, 0.25) is 0 Å². The molecular formula is C8H12N6OS. The van der Waals surface area contributed by atoms with Crippen LogP contribution in [-0.4, -0.2) is 45.3 Å². The van der Waals surface area contributed by atoms with E-state index >= 15 is 0 Å². The molecule has 8 heteroatoms. The van der Waals surface area contributed by atoms with Gasteiger partial charge in [-0.3, -0.25) is 0 Å². The van der Waals surface area contributed by atoms with E-state index in [2.05, 4.69) is 19.7 Å². The average molecular weight is 240 g/mol. The molecule has 2 heterocycles. The summed E-state index contributed by atoms with van der Waals surface area (Å²) < 4.78 is 8.81. The zero-order valence-corrected chi connectivity index (χ0v) is 9.81. The summed E-state index contributed by atoms with van der Waals surface area (Å²) in [6, 6.07) is -0.256. The van der Waals surface area contributed by atoms with Gasteiger partial charge < -0.3 is 15.2 Å². The van der Waals surface area contributed by atoms with E-state index < -0.39 is 0 Å². The number of hydrogen-bond acceptors (Lipinski definition) is 8. The van der Waals surface area contributed by atoms with Gasteiger partial charge in [0.05, 0.1) is 12.2 Å². The summed E-state index contributed by atoms with van der Waals surface area (Å²) in [7, 11) is 3.88. The van der Waals surface area contributed by atoms with Crippen molar-refractivity contribution in [3.8, 4) is 10.8 Å². The highest BCUT2D eigenvalue weighted by Gasteiger charge is 2.16. The number of aromatic nitrogens is 4. The van der Waals surface area contributed by atoms with Crippen molar-refractivity contribution in [1.82, 2.24) is 24.6 Å². The van der Waals surface area contributed by atoms with Crippen LogP contribution in [0.25, 0.3) is 10.8 Å². The molecule has 2 N–H and O–H groups in total. The van der Waals surface area contributed by atoms with Crippen molar-refractivity contribution in [2.24, 2.45) is 5.73 Å². The molecule has 0 aliphatic carbocycles. The Labute approximate surface area is 96.4 Å². The Morgan fingerprint density at radius 1 is 1.56 bits per heavy atom. The molecule has 86 valence electrons. The van der Waals surface area contributed by atoms with E-state index in [-0.39, 0.29) is 6.04 Å². The Kier molecular flexibility index (Phi) is 3.22. The van der Waals surface area contributed by atoms with Crippen LogP contribution in [0.4, 0.5) is 0 Å². The van der Waals surface area contributed by atoms with Crippen molar-refractivity contribution < 1.29 is 4.52 Å². The minimum absolute atomic E-state index is 0.256. The molecule has 1 unspecified atom stereocenters. The normalized spacial score (nSPS) is 13.2. The van der Waals surface area contributed by atoms with E-state index in [1.165, 1.54) is 11.5 Å². The number of likely N-dealkylation sites (N-methyl/N-ethyl adjacent to an activating group) is 1. The fraction of sp³-hybridized carbons (Fsp3) is 0.500. The number of hydrogen-bond donors (Lipinski definition) is 1. The van der Waals surface area contributed by atoms with Gasteiger partial charge >= 0.3 is 0 Å². The Bertz CT molecular complexity index is 439. The lowest BCUT2D eigenvalue weighted by molar-refractivity contribution is 0.357. The van der Waals surface area contributed by atoms with Crippen LogP contribution < -0.4 is 5.73 Å². The molecule has 2 aromatic rings. The number of nitrogens with two attached hydrogens (primary N) is 1. The SMILES string of the molecule is CN(C)CC(N)c1noc(-c2cnns2)n1. The lowest BCUT2D eigenvalue weighted by Gasteiger charge is -2.12. The predicted molar refractivity (Wildman–Crippen MR) is 58.7 cm³/mol. The van der Waals surface area contributed by atoms with Gasteiger partial charge in [0.1, 0.15) is 4.88 Å². The number of nitrogens with zero attached hydrogens (tertiary/aromatic N) is 5. The van der Waals surface area contributed by atoms with Crippen LogP contribution in [0.3, 0.4) is 0 Å². The molecule has 7 nitrogen and oxygen atoms in total. The molecule has 16 heavy (non-hydrogen) atoms. The van der Waals surface area contributed by atoms with Gasteiger partial charge in [-0.05, 0) is 25.6 Å². The molecule has 0 saturated carbocycles. The summed E-state index contributed by atoms with van der Waals surface area (Å²) in [4.78, 5) is 6.92. The van der Waals surface area contributed by atoms with E-state index in [9.17, 15) is 0 Å². The van der Waals surface area contributed by atoms with Crippen molar-refractivity contribution in [3.63, 3.8) is 0 Å². The maximum atomic E-state index is 5.91. The van der Waals surface area contributed by atoms with Crippen molar-refractivity contribution in [2.75, 3.05) is 20.6 Å². The van der Waals surface area contributed by atoms with Gasteiger partial charge in [0, 0.05) is 6.54 Å². The van der Waals surface area contributed by atoms with Crippen molar-refractivity contribution in [3.05, 3.63) is 12.0 Å². The highest BCUT2D eigenvalue weighted by molar-refractivity contribution is 7.09. The first-order chi connectivity index (χ1) is 7.66. The molecule has 0 radical (unpaired) electrons. The van der Waals surface area contributed by atoms with Crippen LogP contribution in [0.15, 0.2) is 10.7 Å². The smallest absolute Gasteiger partial charge is 0.271 e. The van der Waals surface area contributed by atoms with Crippen LogP contribution >= 0.6 is 11.5 Å². The Hall–Kier alpha value is -1.38. The second-order valence-corrected chi connectivity index (χ2v) is 4.39. The molecule has 0 spiro atoms. The average Bonchev–Trinajstić information content (AvgIpc) is 2.87. The quantitative estimate of drug-likeness (QED) is 0.812. The molecule has 0 aromatic carbocycles. The molecule has 0 bridgehead atoms. The Balaban J connectivity index is 2.13. The minimum atomic E-state index is -0.256. The van der Waals surface area contributed by atoms with E-state index in [1.807, 2.05) is 19.0 Å². The monoisotopic (exact) mass is 240 g/mol. The summed E-state index contributed by atoms with van der Waals surface area (Å²) in [5.41, 5.74) is 5.91. The topological polar surface area (TPSA) is 94.0 Å². The molecular weight excluding hydrogens is 228 g/mol. The molecule has 0 aliphatic heterocycles.